The van der Waals surface area contributed by atoms with Gasteiger partial charge in [0, 0.05) is 49.0 Å². The van der Waals surface area contributed by atoms with Crippen molar-refractivity contribution in [1.82, 2.24) is 24.7 Å². The van der Waals surface area contributed by atoms with E-state index in [-0.39, 0.29) is 35.9 Å². The number of pyridine rings is 1. The van der Waals surface area contributed by atoms with E-state index in [1.807, 2.05) is 44.5 Å². The normalized spacial score (nSPS) is 23.1. The first-order valence-corrected chi connectivity index (χ1v) is 15.3. The molecule has 0 unspecified atom stereocenters. The molecule has 1 atom stereocenters. The third kappa shape index (κ3) is 5.16. The van der Waals surface area contributed by atoms with E-state index in [9.17, 15) is 14.0 Å². The number of halogens is 1. The molecule has 3 aromatic rings. The van der Waals surface area contributed by atoms with Crippen LogP contribution in [-0.4, -0.2) is 68.4 Å². The molecule has 1 saturated carbocycles. The molecule has 5 heterocycles. The first-order chi connectivity index (χ1) is 19.7. The zero-order chi connectivity index (χ0) is 28.8. The van der Waals surface area contributed by atoms with E-state index in [1.165, 1.54) is 30.5 Å². The number of fused-ring (bicyclic) bond motifs is 4. The van der Waals surface area contributed by atoms with Gasteiger partial charge in [-0.25, -0.2) is 4.39 Å². The van der Waals surface area contributed by atoms with E-state index in [1.54, 1.807) is 17.2 Å². The zero-order valence-electron chi connectivity index (χ0n) is 24.6. The fourth-order valence-electron chi connectivity index (χ4n) is 7.61. The Morgan fingerprint density at radius 3 is 2.34 bits per heavy atom. The molecule has 7 nitrogen and oxygen atoms in total. The molecule has 4 aliphatic rings. The topological polar surface area (TPSA) is 70.5 Å². The van der Waals surface area contributed by atoms with Crippen LogP contribution in [0.3, 0.4) is 0 Å². The summed E-state index contributed by atoms with van der Waals surface area (Å²) in [6, 6.07) is 6.94. The Hall–Kier alpha value is -3.26. The fraction of sp³-hybridized carbons (Fsp3) is 0.545. The minimum Gasteiger partial charge on any atom is -0.341 e. The Bertz CT molecular complexity index is 1420. The molecule has 1 aliphatic carbocycles. The number of nitrogens with one attached hydrogen (secondary N) is 1. The Labute approximate surface area is 242 Å². The predicted octanol–water partition coefficient (Wildman–Crippen LogP) is 5.66. The zero-order valence-corrected chi connectivity index (χ0v) is 24.6. The summed E-state index contributed by atoms with van der Waals surface area (Å²) >= 11 is 0. The van der Waals surface area contributed by atoms with Crippen molar-refractivity contribution in [3.8, 4) is 5.69 Å². The SMILES string of the molecule is CC(C)N(C(=O)c1cc(F)ccc1-n1cc(C2CCN(C(=O)[C@H]3NC4CCC3CC4)CC2)c2ccncc21)C(C)C. The molecule has 1 aromatic carbocycles. The van der Waals surface area contributed by atoms with Crippen LogP contribution in [0.15, 0.2) is 42.9 Å². The average Bonchev–Trinajstić information content (AvgIpc) is 3.36. The van der Waals surface area contributed by atoms with Crippen LogP contribution in [0.1, 0.15) is 88.1 Å². The van der Waals surface area contributed by atoms with Crippen LogP contribution in [-0.2, 0) is 4.79 Å². The summed E-state index contributed by atoms with van der Waals surface area (Å²) in [7, 11) is 0. The van der Waals surface area contributed by atoms with Crippen LogP contribution in [0.25, 0.3) is 16.6 Å². The lowest BCUT2D eigenvalue weighted by molar-refractivity contribution is -0.138. The first-order valence-electron chi connectivity index (χ1n) is 15.3. The van der Waals surface area contributed by atoms with Crippen LogP contribution >= 0.6 is 0 Å². The smallest absolute Gasteiger partial charge is 0.256 e. The maximum Gasteiger partial charge on any atom is 0.256 e. The molecule has 2 amide bonds. The molecule has 218 valence electrons. The molecule has 8 heteroatoms. The predicted molar refractivity (Wildman–Crippen MR) is 159 cm³/mol. The van der Waals surface area contributed by atoms with E-state index < -0.39 is 5.82 Å². The highest BCUT2D eigenvalue weighted by molar-refractivity contribution is 5.99. The number of likely N-dealkylation sites (tertiary alicyclic amines) is 1. The van der Waals surface area contributed by atoms with Gasteiger partial charge in [0.2, 0.25) is 5.91 Å². The fourth-order valence-corrected chi connectivity index (χ4v) is 7.61. The number of carbonyl (C=O) groups is 2. The maximum atomic E-state index is 14.6. The van der Waals surface area contributed by atoms with Gasteiger partial charge in [-0.15, -0.1) is 0 Å². The number of rotatable bonds is 6. The third-order valence-corrected chi connectivity index (χ3v) is 9.61. The van der Waals surface area contributed by atoms with Crippen molar-refractivity contribution in [1.29, 1.82) is 0 Å². The summed E-state index contributed by atoms with van der Waals surface area (Å²) in [5, 5.41) is 4.71. The Kier molecular flexibility index (Phi) is 7.62. The number of carbonyl (C=O) groups excluding carboxylic acids is 2. The molecule has 3 saturated heterocycles. The van der Waals surface area contributed by atoms with Crippen molar-refractivity contribution in [2.75, 3.05) is 13.1 Å². The van der Waals surface area contributed by atoms with Crippen LogP contribution < -0.4 is 5.32 Å². The molecule has 2 aromatic heterocycles. The Morgan fingerprint density at radius 1 is 1.00 bits per heavy atom. The summed E-state index contributed by atoms with van der Waals surface area (Å²) in [6.45, 7) is 9.42. The van der Waals surface area contributed by atoms with Crippen LogP contribution in [0.5, 0.6) is 0 Å². The van der Waals surface area contributed by atoms with Gasteiger partial charge < -0.3 is 19.7 Å². The van der Waals surface area contributed by atoms with Crippen molar-refractivity contribution >= 4 is 22.7 Å². The monoisotopic (exact) mass is 559 g/mol. The van der Waals surface area contributed by atoms with Crippen molar-refractivity contribution in [2.24, 2.45) is 5.92 Å². The highest BCUT2D eigenvalue weighted by Gasteiger charge is 2.41. The van der Waals surface area contributed by atoms with E-state index in [0.29, 0.717) is 23.2 Å². The number of hydrogen-bond donors (Lipinski definition) is 1. The van der Waals surface area contributed by atoms with Crippen molar-refractivity contribution < 1.29 is 14.0 Å². The second-order valence-electron chi connectivity index (χ2n) is 12.8. The van der Waals surface area contributed by atoms with Crippen molar-refractivity contribution in [2.45, 2.75) is 96.3 Å². The van der Waals surface area contributed by atoms with Gasteiger partial charge in [0.1, 0.15) is 5.82 Å². The number of amides is 2. The summed E-state index contributed by atoms with van der Waals surface area (Å²) in [5.74, 6) is 0.415. The second kappa shape index (κ2) is 11.2. The average molecular weight is 560 g/mol. The van der Waals surface area contributed by atoms with Gasteiger partial charge in [-0.05, 0) is 108 Å². The number of nitrogens with zero attached hydrogens (tertiary/aromatic N) is 4. The highest BCUT2D eigenvalue weighted by Crippen LogP contribution is 2.38. The van der Waals surface area contributed by atoms with Gasteiger partial charge in [0.25, 0.3) is 5.91 Å². The molecule has 41 heavy (non-hydrogen) atoms. The van der Waals surface area contributed by atoms with Crippen LogP contribution in [0, 0.1) is 11.7 Å². The van der Waals surface area contributed by atoms with Gasteiger partial charge in [-0.2, -0.15) is 0 Å². The Balaban J connectivity index is 1.29. The van der Waals surface area contributed by atoms with Gasteiger partial charge >= 0.3 is 0 Å². The lowest BCUT2D eigenvalue weighted by Crippen LogP contribution is -2.60. The van der Waals surface area contributed by atoms with E-state index in [4.69, 9.17) is 0 Å². The number of aromatic nitrogens is 2. The molecule has 4 fully saturated rings. The lowest BCUT2D eigenvalue weighted by Gasteiger charge is -2.45. The Morgan fingerprint density at radius 2 is 1.71 bits per heavy atom. The molecular formula is C33H42FN5O2. The number of hydrogen-bond acceptors (Lipinski definition) is 4. The molecular weight excluding hydrogens is 517 g/mol. The van der Waals surface area contributed by atoms with Gasteiger partial charge in [0.05, 0.1) is 29.0 Å². The van der Waals surface area contributed by atoms with Gasteiger partial charge in [-0.1, -0.05) is 0 Å². The van der Waals surface area contributed by atoms with Crippen LogP contribution in [0.2, 0.25) is 0 Å². The standard InChI is InChI=1S/C33H42FN5O2/c1-20(2)39(21(3)4)32(40)27-17-24(34)7-10-29(27)38-19-28(26-11-14-35-18-30(26)38)22-12-15-37(16-13-22)33(41)31-23-5-8-25(36-31)9-6-23/h7,10-11,14,17-23,25,31,36H,5-6,8-9,12-13,15-16H2,1-4H3/t23?,25?,31-/m0/s1. The second-order valence-corrected chi connectivity index (χ2v) is 12.8. The summed E-state index contributed by atoms with van der Waals surface area (Å²) in [4.78, 5) is 35.5. The molecule has 2 bridgehead atoms. The van der Waals surface area contributed by atoms with E-state index in [0.717, 1.165) is 49.7 Å². The molecule has 3 aliphatic heterocycles. The summed E-state index contributed by atoms with van der Waals surface area (Å²) in [6.07, 6.45) is 12.2. The quantitative estimate of drug-likeness (QED) is 0.423. The van der Waals surface area contributed by atoms with Gasteiger partial charge in [-0.3, -0.25) is 14.6 Å². The minimum atomic E-state index is -0.433. The maximum absolute atomic E-state index is 14.6. The summed E-state index contributed by atoms with van der Waals surface area (Å²) < 4.78 is 16.6. The largest absolute Gasteiger partial charge is 0.341 e. The van der Waals surface area contributed by atoms with E-state index >= 15 is 0 Å². The first kappa shape index (κ1) is 27.9. The molecule has 1 N–H and O–H groups in total. The van der Waals surface area contributed by atoms with Gasteiger partial charge in [0.15, 0.2) is 0 Å². The minimum absolute atomic E-state index is 0.0160. The molecule has 0 radical (unpaired) electrons. The van der Waals surface area contributed by atoms with Crippen LogP contribution in [0.4, 0.5) is 4.39 Å². The number of piperidine rings is 3. The summed E-state index contributed by atoms with van der Waals surface area (Å²) in [5.41, 5.74) is 3.08. The highest BCUT2D eigenvalue weighted by atomic mass is 19.1. The lowest BCUT2D eigenvalue weighted by atomic mass is 9.75. The van der Waals surface area contributed by atoms with Crippen molar-refractivity contribution in [3.05, 3.63) is 59.8 Å². The third-order valence-electron chi connectivity index (χ3n) is 9.61. The molecule has 0 spiro atoms. The van der Waals surface area contributed by atoms with E-state index in [2.05, 4.69) is 21.4 Å². The van der Waals surface area contributed by atoms with Crippen molar-refractivity contribution in [3.63, 3.8) is 0 Å². The number of benzene rings is 1. The molecule has 7 rings (SSSR count).